The van der Waals surface area contributed by atoms with Crippen LogP contribution < -0.4 is 0 Å². The molecule has 0 radical (unpaired) electrons. The molecule has 1 saturated carbocycles. The average Bonchev–Trinajstić information content (AvgIpc) is 2.72. The minimum absolute atomic E-state index is 0.0287. The fourth-order valence-corrected chi connectivity index (χ4v) is 5.44. The summed E-state index contributed by atoms with van der Waals surface area (Å²) in [4.78, 5) is 10.8. The third kappa shape index (κ3) is 13.6. The summed E-state index contributed by atoms with van der Waals surface area (Å²) in [7, 11) is -3.57. The van der Waals surface area contributed by atoms with Gasteiger partial charge in [-0.1, -0.05) is 96.8 Å². The Balaban J connectivity index is 1.97. The number of nitrogens with zero attached hydrogens (tertiary/aromatic N) is 1. The standard InChI is InChI=1S/C23H45NO5S/c1-2-3-4-5-6-7-8-9-10-11-12-13-14-17-20-30(27,28)29-21-22-18-15-16-19-23(22)24(25)26/h22-23H,2-21H2,1H3. The molecule has 0 aliphatic heterocycles. The highest BCUT2D eigenvalue weighted by molar-refractivity contribution is 7.86. The Bertz CT molecular complexity index is 538. The molecule has 1 aliphatic carbocycles. The second-order valence-corrected chi connectivity index (χ2v) is 10.8. The van der Waals surface area contributed by atoms with Gasteiger partial charge in [0.2, 0.25) is 6.04 Å². The lowest BCUT2D eigenvalue weighted by Crippen LogP contribution is -2.35. The van der Waals surface area contributed by atoms with Gasteiger partial charge in [-0.15, -0.1) is 0 Å². The fraction of sp³-hybridized carbons (Fsp3) is 1.00. The first-order valence-electron chi connectivity index (χ1n) is 12.5. The quantitative estimate of drug-likeness (QED) is 0.0957. The number of nitro groups is 1. The van der Waals surface area contributed by atoms with Gasteiger partial charge in [-0.05, 0) is 19.3 Å². The molecule has 1 aliphatic rings. The second kappa shape index (κ2) is 16.9. The van der Waals surface area contributed by atoms with E-state index >= 15 is 0 Å². The van der Waals surface area contributed by atoms with Crippen LogP contribution in [0.2, 0.25) is 0 Å². The molecule has 30 heavy (non-hydrogen) atoms. The Labute approximate surface area is 184 Å². The van der Waals surface area contributed by atoms with E-state index in [2.05, 4.69) is 6.92 Å². The zero-order valence-corrected chi connectivity index (χ0v) is 20.0. The second-order valence-electron chi connectivity index (χ2n) is 9.04. The number of hydrogen-bond acceptors (Lipinski definition) is 5. The van der Waals surface area contributed by atoms with Crippen molar-refractivity contribution < 1.29 is 17.5 Å². The summed E-state index contributed by atoms with van der Waals surface area (Å²) in [5, 5.41) is 11.1. The van der Waals surface area contributed by atoms with E-state index in [1.807, 2.05) is 0 Å². The number of hydrogen-bond donors (Lipinski definition) is 0. The predicted molar refractivity (Wildman–Crippen MR) is 123 cm³/mol. The molecule has 6 nitrogen and oxygen atoms in total. The summed E-state index contributed by atoms with van der Waals surface area (Å²) in [6, 6.07) is -0.657. The van der Waals surface area contributed by atoms with Crippen LogP contribution in [-0.2, 0) is 14.3 Å². The molecule has 0 heterocycles. The molecule has 0 amide bonds. The largest absolute Gasteiger partial charge is 0.270 e. The van der Waals surface area contributed by atoms with Crippen molar-refractivity contribution in [2.24, 2.45) is 5.92 Å². The zero-order chi connectivity index (χ0) is 22.1. The molecule has 178 valence electrons. The van der Waals surface area contributed by atoms with Gasteiger partial charge in [0.1, 0.15) is 0 Å². The van der Waals surface area contributed by atoms with E-state index in [1.165, 1.54) is 70.6 Å². The molecule has 0 aromatic carbocycles. The van der Waals surface area contributed by atoms with Crippen LogP contribution in [0.25, 0.3) is 0 Å². The number of unbranched alkanes of at least 4 members (excludes halogenated alkanes) is 13. The lowest BCUT2D eigenvalue weighted by atomic mass is 9.85. The van der Waals surface area contributed by atoms with Crippen LogP contribution in [0.15, 0.2) is 0 Å². The molecule has 1 fully saturated rings. The van der Waals surface area contributed by atoms with Crippen molar-refractivity contribution >= 4 is 10.1 Å². The smallest absolute Gasteiger partial charge is 0.267 e. The summed E-state index contributed by atoms with van der Waals surface area (Å²) in [6.45, 7) is 2.22. The number of rotatable bonds is 19. The van der Waals surface area contributed by atoms with E-state index in [1.54, 1.807) is 0 Å². The molecular weight excluding hydrogens is 402 g/mol. The highest BCUT2D eigenvalue weighted by Crippen LogP contribution is 2.27. The van der Waals surface area contributed by atoms with Gasteiger partial charge >= 0.3 is 0 Å². The van der Waals surface area contributed by atoms with Crippen LogP contribution >= 0.6 is 0 Å². The third-order valence-electron chi connectivity index (χ3n) is 6.35. The van der Waals surface area contributed by atoms with E-state index in [4.69, 9.17) is 4.18 Å². The van der Waals surface area contributed by atoms with Gasteiger partial charge in [0.15, 0.2) is 0 Å². The Morgan fingerprint density at radius 3 is 1.77 bits per heavy atom. The highest BCUT2D eigenvalue weighted by atomic mass is 32.2. The molecule has 0 spiro atoms. The molecule has 0 saturated heterocycles. The van der Waals surface area contributed by atoms with Gasteiger partial charge in [0, 0.05) is 11.3 Å². The summed E-state index contributed by atoms with van der Waals surface area (Å²) < 4.78 is 29.3. The lowest BCUT2D eigenvalue weighted by molar-refractivity contribution is -0.536. The molecule has 0 bridgehead atoms. The van der Waals surface area contributed by atoms with Gasteiger partial charge in [-0.2, -0.15) is 8.42 Å². The molecule has 0 aromatic heterocycles. The van der Waals surface area contributed by atoms with Crippen LogP contribution in [0.5, 0.6) is 0 Å². The monoisotopic (exact) mass is 447 g/mol. The van der Waals surface area contributed by atoms with Gasteiger partial charge in [-0.3, -0.25) is 14.3 Å². The minimum atomic E-state index is -3.57. The minimum Gasteiger partial charge on any atom is -0.270 e. The first kappa shape index (κ1) is 27.3. The molecule has 7 heteroatoms. The van der Waals surface area contributed by atoms with Crippen molar-refractivity contribution in [3.05, 3.63) is 10.1 Å². The summed E-state index contributed by atoms with van der Waals surface area (Å²) >= 11 is 0. The Kier molecular flexibility index (Phi) is 15.4. The van der Waals surface area contributed by atoms with Crippen LogP contribution in [0.1, 0.15) is 122 Å². The fourth-order valence-electron chi connectivity index (χ4n) is 4.38. The van der Waals surface area contributed by atoms with Crippen LogP contribution in [0, 0.1) is 16.0 Å². The van der Waals surface area contributed by atoms with Crippen molar-refractivity contribution in [1.29, 1.82) is 0 Å². The van der Waals surface area contributed by atoms with Crippen LogP contribution in [0.3, 0.4) is 0 Å². The Morgan fingerprint density at radius 2 is 1.27 bits per heavy atom. The van der Waals surface area contributed by atoms with Crippen molar-refractivity contribution in [2.75, 3.05) is 12.4 Å². The Hall–Kier alpha value is -0.690. The summed E-state index contributed by atoms with van der Waals surface area (Å²) in [6.07, 6.45) is 20.1. The van der Waals surface area contributed by atoms with E-state index in [9.17, 15) is 18.5 Å². The van der Waals surface area contributed by atoms with Crippen molar-refractivity contribution in [3.63, 3.8) is 0 Å². The van der Waals surface area contributed by atoms with Crippen molar-refractivity contribution in [2.45, 2.75) is 129 Å². The van der Waals surface area contributed by atoms with Crippen molar-refractivity contribution in [1.82, 2.24) is 0 Å². The van der Waals surface area contributed by atoms with E-state index in [-0.39, 0.29) is 23.2 Å². The van der Waals surface area contributed by atoms with Gasteiger partial charge in [0.25, 0.3) is 10.1 Å². The molecule has 1 rings (SSSR count). The maximum Gasteiger partial charge on any atom is 0.267 e. The van der Waals surface area contributed by atoms with Crippen LogP contribution in [0.4, 0.5) is 0 Å². The third-order valence-corrected chi connectivity index (χ3v) is 7.63. The average molecular weight is 448 g/mol. The molecule has 2 unspecified atom stereocenters. The van der Waals surface area contributed by atoms with Crippen LogP contribution in [-0.4, -0.2) is 31.7 Å². The zero-order valence-electron chi connectivity index (χ0n) is 19.2. The molecule has 2 atom stereocenters. The summed E-state index contributed by atoms with van der Waals surface area (Å²) in [5.74, 6) is -0.249. The first-order chi connectivity index (χ1) is 14.5. The molecule has 0 aromatic rings. The van der Waals surface area contributed by atoms with Crippen molar-refractivity contribution in [3.8, 4) is 0 Å². The van der Waals surface area contributed by atoms with Gasteiger partial charge < -0.3 is 0 Å². The van der Waals surface area contributed by atoms with E-state index in [0.29, 0.717) is 19.3 Å². The predicted octanol–water partition coefficient (Wildman–Crippen LogP) is 6.65. The maximum atomic E-state index is 12.1. The summed E-state index contributed by atoms with van der Waals surface area (Å²) in [5.41, 5.74) is 0. The molecule has 0 N–H and O–H groups in total. The maximum absolute atomic E-state index is 12.1. The van der Waals surface area contributed by atoms with Gasteiger partial charge in [-0.25, -0.2) is 0 Å². The first-order valence-corrected chi connectivity index (χ1v) is 14.0. The topological polar surface area (TPSA) is 86.5 Å². The SMILES string of the molecule is CCCCCCCCCCCCCCCCS(=O)(=O)OCC1CCCCC1[N+](=O)[O-]. The lowest BCUT2D eigenvalue weighted by Gasteiger charge is -2.24. The van der Waals surface area contributed by atoms with E-state index < -0.39 is 16.2 Å². The Morgan fingerprint density at radius 1 is 0.800 bits per heavy atom. The molecular formula is C23H45NO5S. The van der Waals surface area contributed by atoms with E-state index in [0.717, 1.165) is 25.7 Å². The van der Waals surface area contributed by atoms with Gasteiger partial charge in [0.05, 0.1) is 18.3 Å². The normalized spacial score (nSPS) is 19.8. The highest BCUT2D eigenvalue weighted by Gasteiger charge is 2.35.